The van der Waals surface area contributed by atoms with Gasteiger partial charge in [0.2, 0.25) is 0 Å². The van der Waals surface area contributed by atoms with Crippen molar-refractivity contribution in [2.24, 2.45) is 0 Å². The number of rotatable bonds is 6. The van der Waals surface area contributed by atoms with Crippen molar-refractivity contribution in [3.05, 3.63) is 0 Å². The second-order valence-electron chi connectivity index (χ2n) is 3.32. The van der Waals surface area contributed by atoms with E-state index in [0.29, 0.717) is 0 Å². The Morgan fingerprint density at radius 3 is 2.31 bits per heavy atom. The minimum absolute atomic E-state index is 0.0509. The lowest BCUT2D eigenvalue weighted by Crippen LogP contribution is -2.48. The summed E-state index contributed by atoms with van der Waals surface area (Å²) in [6, 6.07) is 0.592. The predicted octanol–water partition coefficient (Wildman–Crippen LogP) is -0.518. The van der Waals surface area contributed by atoms with Gasteiger partial charge in [-0.25, -0.2) is 0 Å². The van der Waals surface area contributed by atoms with Crippen LogP contribution in [0.3, 0.4) is 0 Å². The van der Waals surface area contributed by atoms with Crippen LogP contribution >= 0.6 is 0 Å². The van der Waals surface area contributed by atoms with Crippen LogP contribution in [0.2, 0.25) is 0 Å². The van der Waals surface area contributed by atoms with Crippen molar-refractivity contribution in [1.82, 2.24) is 8.61 Å². The summed E-state index contributed by atoms with van der Waals surface area (Å²) in [6.45, 7) is 1.13. The van der Waals surface area contributed by atoms with Gasteiger partial charge in [0.05, 0.1) is 6.07 Å². The second-order valence-corrected chi connectivity index (χ2v) is 5.42. The molecule has 0 heterocycles. The third-order valence-electron chi connectivity index (χ3n) is 1.99. The van der Waals surface area contributed by atoms with E-state index in [2.05, 4.69) is 0 Å². The Bertz CT molecular complexity index is 385. The quantitative estimate of drug-likeness (QED) is 0.682. The molecule has 8 heteroatoms. The van der Waals surface area contributed by atoms with Gasteiger partial charge in [-0.05, 0) is 6.92 Å². The fourth-order valence-electron chi connectivity index (χ4n) is 1.00. The normalized spacial score (nSPS) is 13.8. The van der Waals surface area contributed by atoms with Crippen LogP contribution < -0.4 is 0 Å². The Morgan fingerprint density at radius 1 is 1.50 bits per heavy atom. The SMILES string of the molecule is CC(C(=O)O)N(CCC#N)S(=O)(=O)N(C)C. The molecular weight excluding hydrogens is 234 g/mol. The summed E-state index contributed by atoms with van der Waals surface area (Å²) in [4.78, 5) is 10.8. The van der Waals surface area contributed by atoms with Gasteiger partial charge in [0.1, 0.15) is 6.04 Å². The van der Waals surface area contributed by atoms with Gasteiger partial charge < -0.3 is 5.11 Å². The molecule has 1 atom stereocenters. The van der Waals surface area contributed by atoms with E-state index in [0.717, 1.165) is 8.61 Å². The van der Waals surface area contributed by atoms with Crippen LogP contribution in [0, 0.1) is 11.3 Å². The van der Waals surface area contributed by atoms with Gasteiger partial charge in [0.25, 0.3) is 10.2 Å². The Labute approximate surface area is 95.1 Å². The Balaban J connectivity index is 5.11. The maximum absolute atomic E-state index is 11.8. The van der Waals surface area contributed by atoms with Crippen LogP contribution in [0.15, 0.2) is 0 Å². The average molecular weight is 249 g/mol. The number of carboxylic acids is 1. The number of hydrogen-bond acceptors (Lipinski definition) is 4. The summed E-state index contributed by atoms with van der Waals surface area (Å²) in [5.74, 6) is -1.25. The molecule has 0 saturated carbocycles. The van der Waals surface area contributed by atoms with E-state index < -0.39 is 22.2 Å². The van der Waals surface area contributed by atoms with E-state index in [9.17, 15) is 13.2 Å². The number of aliphatic carboxylic acids is 1. The molecule has 0 aromatic rings. The number of nitriles is 1. The van der Waals surface area contributed by atoms with Gasteiger partial charge in [0.15, 0.2) is 0 Å². The zero-order chi connectivity index (χ0) is 12.9. The van der Waals surface area contributed by atoms with Crippen molar-refractivity contribution >= 4 is 16.2 Å². The van der Waals surface area contributed by atoms with Crippen LogP contribution in [0.5, 0.6) is 0 Å². The first-order valence-corrected chi connectivity index (χ1v) is 5.94. The van der Waals surface area contributed by atoms with Crippen molar-refractivity contribution in [2.75, 3.05) is 20.6 Å². The number of hydrogen-bond donors (Lipinski definition) is 1. The molecule has 1 unspecified atom stereocenters. The molecule has 0 aliphatic heterocycles. The van der Waals surface area contributed by atoms with Crippen LogP contribution in [0.1, 0.15) is 13.3 Å². The smallest absolute Gasteiger partial charge is 0.321 e. The van der Waals surface area contributed by atoms with Crippen LogP contribution in [-0.4, -0.2) is 54.8 Å². The molecule has 0 aromatic heterocycles. The first-order chi connectivity index (χ1) is 7.25. The molecule has 92 valence electrons. The molecule has 1 N–H and O–H groups in total. The Morgan fingerprint density at radius 2 is 2.00 bits per heavy atom. The molecule has 7 nitrogen and oxygen atoms in total. The standard InChI is InChI=1S/C8H15N3O4S/c1-7(8(12)13)11(6-4-5-9)16(14,15)10(2)3/h7H,4,6H2,1-3H3,(H,12,13). The number of carboxylic acid groups (broad SMARTS) is 1. The highest BCUT2D eigenvalue weighted by molar-refractivity contribution is 7.86. The molecule has 0 radical (unpaired) electrons. The largest absolute Gasteiger partial charge is 0.480 e. The molecule has 0 amide bonds. The minimum atomic E-state index is -3.82. The predicted molar refractivity (Wildman–Crippen MR) is 56.6 cm³/mol. The van der Waals surface area contributed by atoms with Crippen LogP contribution in [0.25, 0.3) is 0 Å². The summed E-state index contributed by atoms with van der Waals surface area (Å²) >= 11 is 0. The lowest BCUT2D eigenvalue weighted by molar-refractivity contribution is -0.140. The molecule has 0 fully saturated rings. The van der Waals surface area contributed by atoms with E-state index in [1.807, 2.05) is 0 Å². The third kappa shape index (κ3) is 3.44. The molecule has 0 aliphatic rings. The maximum atomic E-state index is 11.8. The molecular formula is C8H15N3O4S. The molecule has 0 rings (SSSR count). The highest BCUT2D eigenvalue weighted by Gasteiger charge is 2.32. The average Bonchev–Trinajstić information content (AvgIpc) is 2.17. The number of carbonyl (C=O) groups is 1. The molecule has 16 heavy (non-hydrogen) atoms. The van der Waals surface area contributed by atoms with E-state index in [1.165, 1.54) is 21.0 Å². The number of nitrogens with zero attached hydrogens (tertiary/aromatic N) is 3. The Hall–Kier alpha value is -1.17. The fourth-order valence-corrected chi connectivity index (χ4v) is 2.23. The molecule has 0 spiro atoms. The Kier molecular flexibility index (Phi) is 5.37. The molecule has 0 aromatic carbocycles. The molecule has 0 aliphatic carbocycles. The summed E-state index contributed by atoms with van der Waals surface area (Å²) in [6.07, 6.45) is -0.0509. The van der Waals surface area contributed by atoms with E-state index in [1.54, 1.807) is 6.07 Å². The third-order valence-corrected chi connectivity index (χ3v) is 4.01. The summed E-state index contributed by atoms with van der Waals surface area (Å²) in [7, 11) is -1.20. The fraction of sp³-hybridized carbons (Fsp3) is 0.750. The lowest BCUT2D eigenvalue weighted by Gasteiger charge is -2.27. The molecule has 0 saturated heterocycles. The van der Waals surface area contributed by atoms with E-state index in [4.69, 9.17) is 10.4 Å². The summed E-state index contributed by atoms with van der Waals surface area (Å²) < 4.78 is 25.2. The van der Waals surface area contributed by atoms with Gasteiger partial charge >= 0.3 is 5.97 Å². The van der Waals surface area contributed by atoms with Crippen LogP contribution in [0.4, 0.5) is 0 Å². The topological polar surface area (TPSA) is 102 Å². The highest BCUT2D eigenvalue weighted by Crippen LogP contribution is 2.10. The van der Waals surface area contributed by atoms with E-state index >= 15 is 0 Å². The van der Waals surface area contributed by atoms with Gasteiger partial charge in [-0.2, -0.15) is 22.3 Å². The van der Waals surface area contributed by atoms with Crippen molar-refractivity contribution in [2.45, 2.75) is 19.4 Å². The van der Waals surface area contributed by atoms with Crippen molar-refractivity contribution < 1.29 is 18.3 Å². The summed E-state index contributed by atoms with van der Waals surface area (Å²) in [5, 5.41) is 17.2. The van der Waals surface area contributed by atoms with Gasteiger partial charge in [-0.1, -0.05) is 0 Å². The second kappa shape index (κ2) is 5.79. The highest BCUT2D eigenvalue weighted by atomic mass is 32.2. The first-order valence-electron chi connectivity index (χ1n) is 4.54. The van der Waals surface area contributed by atoms with Gasteiger partial charge in [-0.3, -0.25) is 4.79 Å². The van der Waals surface area contributed by atoms with Crippen LogP contribution in [-0.2, 0) is 15.0 Å². The zero-order valence-corrected chi connectivity index (χ0v) is 10.2. The van der Waals surface area contributed by atoms with Crippen molar-refractivity contribution in [1.29, 1.82) is 5.26 Å². The molecule has 0 bridgehead atoms. The van der Waals surface area contributed by atoms with E-state index in [-0.39, 0.29) is 13.0 Å². The monoisotopic (exact) mass is 249 g/mol. The first kappa shape index (κ1) is 14.8. The van der Waals surface area contributed by atoms with Gasteiger partial charge in [-0.15, -0.1) is 0 Å². The minimum Gasteiger partial charge on any atom is -0.480 e. The zero-order valence-electron chi connectivity index (χ0n) is 9.41. The summed E-state index contributed by atoms with van der Waals surface area (Å²) in [5.41, 5.74) is 0. The maximum Gasteiger partial charge on any atom is 0.321 e. The lowest BCUT2D eigenvalue weighted by atomic mass is 10.3. The van der Waals surface area contributed by atoms with Crippen molar-refractivity contribution in [3.8, 4) is 6.07 Å². The van der Waals surface area contributed by atoms with Gasteiger partial charge in [0, 0.05) is 27.1 Å². The van der Waals surface area contributed by atoms with Crippen molar-refractivity contribution in [3.63, 3.8) is 0 Å².